The van der Waals surface area contributed by atoms with Crippen LogP contribution < -0.4 is 10.5 Å². The lowest BCUT2D eigenvalue weighted by Gasteiger charge is -2.35. The molecule has 1 heterocycles. The number of rotatable bonds is 11. The predicted octanol–water partition coefficient (Wildman–Crippen LogP) is 6.70. The van der Waals surface area contributed by atoms with Crippen LogP contribution in [0.3, 0.4) is 0 Å². The van der Waals surface area contributed by atoms with E-state index >= 15 is 8.78 Å². The van der Waals surface area contributed by atoms with Crippen LogP contribution >= 0.6 is 11.6 Å². The summed E-state index contributed by atoms with van der Waals surface area (Å²) in [6, 6.07) is 10.9. The van der Waals surface area contributed by atoms with Gasteiger partial charge < -0.3 is 20.2 Å². The zero-order valence-electron chi connectivity index (χ0n) is 26.6. The molecule has 5 rings (SSSR count). The van der Waals surface area contributed by atoms with Crippen molar-refractivity contribution in [2.24, 2.45) is 11.7 Å². The average Bonchev–Trinajstić information content (AvgIpc) is 3.53. The highest BCUT2D eigenvalue weighted by molar-refractivity contribution is 7.89. The second-order valence-electron chi connectivity index (χ2n) is 12.4. The van der Waals surface area contributed by atoms with Crippen LogP contribution in [-0.2, 0) is 30.4 Å². The van der Waals surface area contributed by atoms with E-state index in [0.717, 1.165) is 61.3 Å². The van der Waals surface area contributed by atoms with Crippen molar-refractivity contribution >= 4 is 33.5 Å². The maximum atomic E-state index is 16.7. The first-order valence-corrected chi connectivity index (χ1v) is 17.7. The highest BCUT2D eigenvalue weighted by atomic mass is 35.5. The fraction of sp³-hybridized carbons (Fsp3) is 0.412. The summed E-state index contributed by atoms with van der Waals surface area (Å²) in [5, 5.41) is 0.427. The molecule has 1 saturated carbocycles. The number of likely N-dealkylation sites (tertiary alicyclic amines) is 1. The Morgan fingerprint density at radius 1 is 0.880 bits per heavy atom. The Morgan fingerprint density at radius 2 is 1.46 bits per heavy atom. The molecule has 1 amide bonds. The van der Waals surface area contributed by atoms with Crippen LogP contribution in [0.5, 0.6) is 5.75 Å². The second-order valence-corrected chi connectivity index (χ2v) is 14.6. The van der Waals surface area contributed by atoms with Crippen LogP contribution in [0, 0.1) is 5.92 Å². The molecule has 2 fully saturated rings. The van der Waals surface area contributed by atoms with Crippen molar-refractivity contribution in [3.63, 3.8) is 0 Å². The Labute approximate surface area is 291 Å². The molecule has 0 unspecified atom stereocenters. The predicted molar refractivity (Wildman–Crippen MR) is 173 cm³/mol. The standard InChI is InChI=1S/C34H35ClF5N3O6S/c35-26-12-8-24(9-13-26)23-6-10-25(11-7-23)33(36,37)30(31(44)42-19-18-27(41)20-42)43(49-32(45)34(38,39)40)50(46,47)29-16-14-28(15-17-29)48-21-22-4-2-1-3-5-22/h6-17,22,27,30H,1-5,18-21,41H2/t27-,30+/m1/s1. The number of hydrogen-bond donors (Lipinski definition) is 1. The van der Waals surface area contributed by atoms with Gasteiger partial charge in [0, 0.05) is 29.7 Å². The van der Waals surface area contributed by atoms with E-state index in [1.54, 1.807) is 24.3 Å². The highest BCUT2D eigenvalue weighted by Gasteiger charge is 2.58. The maximum absolute atomic E-state index is 16.7. The minimum atomic E-state index is -5.82. The van der Waals surface area contributed by atoms with Crippen LogP contribution in [-0.4, -0.2) is 67.6 Å². The van der Waals surface area contributed by atoms with Crippen LogP contribution in [0.15, 0.2) is 77.7 Å². The Balaban J connectivity index is 1.54. The van der Waals surface area contributed by atoms with Gasteiger partial charge >= 0.3 is 18.1 Å². The van der Waals surface area contributed by atoms with E-state index in [0.29, 0.717) is 22.8 Å². The van der Waals surface area contributed by atoms with E-state index in [2.05, 4.69) is 4.84 Å². The van der Waals surface area contributed by atoms with E-state index in [9.17, 15) is 31.2 Å². The number of nitrogens with two attached hydrogens (primary N) is 1. The monoisotopic (exact) mass is 743 g/mol. The van der Waals surface area contributed by atoms with E-state index in [1.807, 2.05) is 0 Å². The van der Waals surface area contributed by atoms with Crippen molar-refractivity contribution in [1.82, 2.24) is 9.37 Å². The van der Waals surface area contributed by atoms with E-state index in [4.69, 9.17) is 22.1 Å². The number of carbonyl (C=O) groups excluding carboxylic acids is 2. The third-order valence-corrected chi connectivity index (χ3v) is 10.6. The lowest BCUT2D eigenvalue weighted by molar-refractivity contribution is -0.239. The summed E-state index contributed by atoms with van der Waals surface area (Å²) in [7, 11) is -5.58. The first-order chi connectivity index (χ1) is 23.6. The summed E-state index contributed by atoms with van der Waals surface area (Å²) in [6.07, 6.45) is -0.514. The van der Waals surface area contributed by atoms with E-state index in [-0.39, 0.29) is 31.2 Å². The molecule has 9 nitrogen and oxygen atoms in total. The Hall–Kier alpha value is -3.79. The van der Waals surface area contributed by atoms with Gasteiger partial charge in [-0.15, -0.1) is 0 Å². The molecule has 0 spiro atoms. The molecule has 2 aliphatic rings. The number of amides is 1. The molecular formula is C34H35ClF5N3O6S. The summed E-state index contributed by atoms with van der Waals surface area (Å²) in [5.74, 6) is -8.78. The third-order valence-electron chi connectivity index (χ3n) is 8.75. The lowest BCUT2D eigenvalue weighted by atomic mass is 9.90. The highest BCUT2D eigenvalue weighted by Crippen LogP contribution is 2.40. The minimum Gasteiger partial charge on any atom is -0.493 e. The van der Waals surface area contributed by atoms with Crippen molar-refractivity contribution in [2.75, 3.05) is 19.7 Å². The number of hydroxylamine groups is 1. The Bertz CT molecular complexity index is 1750. The van der Waals surface area contributed by atoms with Crippen molar-refractivity contribution < 1.29 is 49.5 Å². The molecule has 0 aromatic heterocycles. The molecule has 3 aromatic rings. The Kier molecular flexibility index (Phi) is 11.4. The summed E-state index contributed by atoms with van der Waals surface area (Å²) < 4.78 is 107. The summed E-state index contributed by atoms with van der Waals surface area (Å²) >= 11 is 5.93. The number of halogens is 6. The molecule has 3 aromatic carbocycles. The largest absolute Gasteiger partial charge is 0.493 e. The average molecular weight is 744 g/mol. The normalized spacial score (nSPS) is 18.2. The molecule has 50 heavy (non-hydrogen) atoms. The Morgan fingerprint density at radius 3 is 2.00 bits per heavy atom. The van der Waals surface area contributed by atoms with Gasteiger partial charge in [0.1, 0.15) is 5.75 Å². The molecule has 2 N–H and O–H groups in total. The van der Waals surface area contributed by atoms with Gasteiger partial charge in [0.2, 0.25) is 6.04 Å². The maximum Gasteiger partial charge on any atom is 0.492 e. The van der Waals surface area contributed by atoms with Crippen LogP contribution in [0.4, 0.5) is 22.0 Å². The smallest absolute Gasteiger partial charge is 0.492 e. The zero-order chi connectivity index (χ0) is 36.3. The molecule has 270 valence electrons. The third kappa shape index (κ3) is 8.56. The quantitative estimate of drug-likeness (QED) is 0.172. The van der Waals surface area contributed by atoms with Crippen molar-refractivity contribution in [1.29, 1.82) is 0 Å². The lowest BCUT2D eigenvalue weighted by Crippen LogP contribution is -2.58. The number of hydrogen-bond acceptors (Lipinski definition) is 7. The topological polar surface area (TPSA) is 119 Å². The minimum absolute atomic E-state index is 0.150. The summed E-state index contributed by atoms with van der Waals surface area (Å²) in [4.78, 5) is 30.2. The van der Waals surface area contributed by atoms with Gasteiger partial charge in [0.15, 0.2) is 0 Å². The molecule has 16 heteroatoms. The summed E-state index contributed by atoms with van der Waals surface area (Å²) in [6.45, 7) is -0.149. The van der Waals surface area contributed by atoms with Crippen LogP contribution in [0.25, 0.3) is 11.1 Å². The fourth-order valence-corrected chi connectivity index (χ4v) is 7.46. The first-order valence-electron chi connectivity index (χ1n) is 15.9. The zero-order valence-corrected chi connectivity index (χ0v) is 28.2. The number of ether oxygens (including phenoxy) is 1. The van der Waals surface area contributed by atoms with Gasteiger partial charge in [-0.05, 0) is 77.2 Å². The summed E-state index contributed by atoms with van der Waals surface area (Å²) in [5.41, 5.74) is 5.96. The number of nitrogens with zero attached hydrogens (tertiary/aromatic N) is 2. The SMILES string of the molecule is N[C@@H]1CCN(C(=O)[C@H](N(OC(=O)C(F)(F)F)S(=O)(=O)c2ccc(OCC3CCCCC3)cc2)C(F)(F)c2ccc(-c3ccc(Cl)cc3)cc2)C1. The number of carbonyl (C=O) groups is 2. The molecule has 0 radical (unpaired) electrons. The first kappa shape index (κ1) is 37.5. The molecule has 1 aliphatic heterocycles. The van der Waals surface area contributed by atoms with Gasteiger partial charge in [0.05, 0.1) is 11.5 Å². The van der Waals surface area contributed by atoms with Gasteiger partial charge in [-0.2, -0.15) is 22.0 Å². The fourth-order valence-electron chi connectivity index (χ4n) is 5.98. The van der Waals surface area contributed by atoms with Crippen molar-refractivity contribution in [2.45, 2.75) is 67.6 Å². The molecule has 0 bridgehead atoms. The number of benzene rings is 3. The van der Waals surface area contributed by atoms with Crippen molar-refractivity contribution in [3.8, 4) is 16.9 Å². The van der Waals surface area contributed by atoms with Gasteiger partial charge in [-0.1, -0.05) is 67.3 Å². The second kappa shape index (κ2) is 15.2. The van der Waals surface area contributed by atoms with Crippen molar-refractivity contribution in [3.05, 3.63) is 83.4 Å². The van der Waals surface area contributed by atoms with Gasteiger partial charge in [0.25, 0.3) is 15.9 Å². The molecule has 1 saturated heterocycles. The number of sulfonamides is 1. The molecule has 1 aliphatic carbocycles. The van der Waals surface area contributed by atoms with E-state index in [1.165, 1.54) is 24.3 Å². The number of alkyl halides is 5. The van der Waals surface area contributed by atoms with E-state index < -0.39 is 61.0 Å². The van der Waals surface area contributed by atoms with Gasteiger partial charge in [-0.3, -0.25) is 4.79 Å². The molecule has 2 atom stereocenters. The van der Waals surface area contributed by atoms with Crippen LogP contribution in [0.1, 0.15) is 44.1 Å². The van der Waals surface area contributed by atoms with Crippen LogP contribution in [0.2, 0.25) is 5.02 Å². The molecular weight excluding hydrogens is 709 g/mol. The van der Waals surface area contributed by atoms with Gasteiger partial charge in [-0.25, -0.2) is 13.2 Å².